The number of phosphoric ester groups is 1. The molecule has 428 valence electrons. The van der Waals surface area contributed by atoms with Crippen molar-refractivity contribution in [3.05, 3.63) is 122 Å². The summed E-state index contributed by atoms with van der Waals surface area (Å²) in [7, 11) is -4.40. The van der Waals surface area contributed by atoms with E-state index >= 15 is 0 Å². The van der Waals surface area contributed by atoms with Crippen molar-refractivity contribution in [1.82, 2.24) is 0 Å². The Hall–Kier alpha value is -3.59. The second-order valence-corrected chi connectivity index (χ2v) is 20.9. The third-order valence-corrected chi connectivity index (χ3v) is 13.3. The number of hydrogen-bond donors (Lipinski definition) is 2. The fourth-order valence-corrected chi connectivity index (χ4v) is 8.68. The standard InChI is InChI=1S/C65H110NO8P/c1-3-5-7-9-11-13-15-17-19-21-23-24-25-26-27-28-29-30-31-32-33-34-35-36-37-38-40-42-44-46-48-50-52-54-56-58-65(68)74-63(62-73-75(69,70)72-60-59-66)61-71-64(67)57-55-53-51-49-47-45-43-41-39-22-20-18-16-14-12-10-8-6-4-2/h5,7,11-14,17-20,23-24,26-27,29-30,32-33,39,41,63H,3-4,6,8-10,15-16,21-22,25,28,31,34-38,40,42-62,66H2,1-2H3,(H,69,70)/b7-5-,13-11-,14-12-,19-17-,20-18-,24-23-,27-26-,30-29-,33-32-,41-39-. The van der Waals surface area contributed by atoms with Crippen LogP contribution < -0.4 is 5.73 Å². The van der Waals surface area contributed by atoms with E-state index in [1.54, 1.807) is 0 Å². The number of allylic oxidation sites excluding steroid dienone is 20. The van der Waals surface area contributed by atoms with E-state index in [-0.39, 0.29) is 32.6 Å². The molecule has 0 aliphatic carbocycles. The van der Waals surface area contributed by atoms with E-state index in [1.807, 2.05) is 0 Å². The Morgan fingerprint density at radius 2 is 0.733 bits per heavy atom. The van der Waals surface area contributed by atoms with Gasteiger partial charge in [0.1, 0.15) is 6.61 Å². The van der Waals surface area contributed by atoms with Gasteiger partial charge in [0.2, 0.25) is 0 Å². The van der Waals surface area contributed by atoms with Crippen molar-refractivity contribution in [2.75, 3.05) is 26.4 Å². The number of carbonyl (C=O) groups excluding carboxylic acids is 2. The summed E-state index contributed by atoms with van der Waals surface area (Å²) in [5, 5.41) is 0. The molecule has 0 aliphatic rings. The van der Waals surface area contributed by atoms with E-state index < -0.39 is 32.5 Å². The van der Waals surface area contributed by atoms with Crippen LogP contribution in [0.1, 0.15) is 245 Å². The molecule has 10 heteroatoms. The number of phosphoric acid groups is 1. The minimum Gasteiger partial charge on any atom is -0.462 e. The first-order valence-corrected chi connectivity index (χ1v) is 31.5. The molecule has 0 bridgehead atoms. The van der Waals surface area contributed by atoms with Crippen molar-refractivity contribution in [3.8, 4) is 0 Å². The van der Waals surface area contributed by atoms with E-state index in [4.69, 9.17) is 24.3 Å². The van der Waals surface area contributed by atoms with Crippen LogP contribution in [0.2, 0.25) is 0 Å². The molecule has 0 aliphatic heterocycles. The Morgan fingerprint density at radius 3 is 1.09 bits per heavy atom. The summed E-state index contributed by atoms with van der Waals surface area (Å²) >= 11 is 0. The molecule has 0 amide bonds. The summed E-state index contributed by atoms with van der Waals surface area (Å²) in [6, 6.07) is 0. The zero-order chi connectivity index (χ0) is 54.5. The number of esters is 2. The van der Waals surface area contributed by atoms with Gasteiger partial charge in [0.15, 0.2) is 6.10 Å². The number of unbranched alkanes of at least 4 members (excludes halogenated alkanes) is 22. The van der Waals surface area contributed by atoms with Crippen molar-refractivity contribution in [1.29, 1.82) is 0 Å². The van der Waals surface area contributed by atoms with E-state index in [1.165, 1.54) is 96.3 Å². The third kappa shape index (κ3) is 59.5. The second kappa shape index (κ2) is 59.7. The highest BCUT2D eigenvalue weighted by molar-refractivity contribution is 7.47. The van der Waals surface area contributed by atoms with Gasteiger partial charge in [0.05, 0.1) is 13.2 Å². The lowest BCUT2D eigenvalue weighted by Gasteiger charge is -2.19. The highest BCUT2D eigenvalue weighted by Crippen LogP contribution is 2.43. The predicted octanol–water partition coefficient (Wildman–Crippen LogP) is 19.2. The third-order valence-electron chi connectivity index (χ3n) is 12.3. The molecule has 0 aromatic heterocycles. The Bertz CT molecular complexity index is 1640. The molecule has 9 nitrogen and oxygen atoms in total. The van der Waals surface area contributed by atoms with E-state index in [0.717, 1.165) is 109 Å². The highest BCUT2D eigenvalue weighted by atomic mass is 31.2. The smallest absolute Gasteiger partial charge is 0.462 e. The monoisotopic (exact) mass is 1060 g/mol. The summed E-state index contributed by atoms with van der Waals surface area (Å²) in [5.41, 5.74) is 5.38. The maximum Gasteiger partial charge on any atom is 0.472 e. The van der Waals surface area contributed by atoms with Gasteiger partial charge in [0.25, 0.3) is 0 Å². The molecule has 0 fully saturated rings. The summed E-state index contributed by atoms with van der Waals surface area (Å²) in [5.74, 6) is -0.847. The molecule has 0 aromatic carbocycles. The van der Waals surface area contributed by atoms with Crippen LogP contribution in [0.25, 0.3) is 0 Å². The summed E-state index contributed by atoms with van der Waals surface area (Å²) < 4.78 is 33.0. The summed E-state index contributed by atoms with van der Waals surface area (Å²) in [6.45, 7) is 3.58. The first kappa shape index (κ1) is 71.4. The van der Waals surface area contributed by atoms with E-state index in [9.17, 15) is 19.0 Å². The number of ether oxygens (including phenoxy) is 2. The summed E-state index contributed by atoms with van der Waals surface area (Å²) in [6.07, 6.45) is 82.5. The van der Waals surface area contributed by atoms with Crippen LogP contribution in [-0.4, -0.2) is 49.3 Å². The Balaban J connectivity index is 3.97. The van der Waals surface area contributed by atoms with E-state index in [2.05, 4.69) is 135 Å². The van der Waals surface area contributed by atoms with Gasteiger partial charge in [0, 0.05) is 19.4 Å². The van der Waals surface area contributed by atoms with Crippen molar-refractivity contribution < 1.29 is 37.6 Å². The van der Waals surface area contributed by atoms with Gasteiger partial charge in [-0.1, -0.05) is 245 Å². The molecule has 2 atom stereocenters. The first-order chi connectivity index (χ1) is 36.8. The average molecular weight is 1060 g/mol. The van der Waals surface area contributed by atoms with Crippen molar-refractivity contribution in [2.45, 2.75) is 251 Å². The second-order valence-electron chi connectivity index (χ2n) is 19.5. The molecule has 0 spiro atoms. The van der Waals surface area contributed by atoms with Gasteiger partial charge in [-0.2, -0.15) is 0 Å². The van der Waals surface area contributed by atoms with Gasteiger partial charge >= 0.3 is 19.8 Å². The minimum atomic E-state index is -4.40. The number of carbonyl (C=O) groups is 2. The number of rotatable bonds is 55. The topological polar surface area (TPSA) is 134 Å². The molecule has 75 heavy (non-hydrogen) atoms. The Kier molecular flexibility index (Phi) is 56.8. The van der Waals surface area contributed by atoms with Crippen LogP contribution in [0.5, 0.6) is 0 Å². The maximum absolute atomic E-state index is 12.7. The van der Waals surface area contributed by atoms with Crippen LogP contribution in [0.4, 0.5) is 0 Å². The zero-order valence-corrected chi connectivity index (χ0v) is 48.6. The van der Waals surface area contributed by atoms with Gasteiger partial charge in [-0.15, -0.1) is 0 Å². The van der Waals surface area contributed by atoms with Crippen molar-refractivity contribution in [2.24, 2.45) is 5.73 Å². The molecular formula is C65H110NO8P. The van der Waals surface area contributed by atoms with E-state index in [0.29, 0.717) is 12.8 Å². The van der Waals surface area contributed by atoms with Crippen LogP contribution in [-0.2, 0) is 32.7 Å². The van der Waals surface area contributed by atoms with Crippen LogP contribution in [0.3, 0.4) is 0 Å². The maximum atomic E-state index is 12.7. The molecule has 3 N–H and O–H groups in total. The largest absolute Gasteiger partial charge is 0.472 e. The fourth-order valence-electron chi connectivity index (χ4n) is 7.92. The highest BCUT2D eigenvalue weighted by Gasteiger charge is 2.26. The SMILES string of the molecule is CC/C=C\C/C=C\C/C=C\C/C=C\C/C=C\C/C=C\C/C=C\CCCCCCCCCCCCCCCC(=O)OC(COC(=O)CCCCCCCC/C=C\C/C=C\C/C=C\CCCCC)COP(=O)(O)OCCN. The van der Waals surface area contributed by atoms with Crippen molar-refractivity contribution >= 4 is 19.8 Å². The zero-order valence-electron chi connectivity index (χ0n) is 47.7. The predicted molar refractivity (Wildman–Crippen MR) is 321 cm³/mol. The average Bonchev–Trinajstić information content (AvgIpc) is 3.40. The molecule has 0 radical (unpaired) electrons. The van der Waals surface area contributed by atoms with Gasteiger partial charge in [-0.05, 0) is 109 Å². The van der Waals surface area contributed by atoms with Gasteiger partial charge in [-0.25, -0.2) is 4.57 Å². The van der Waals surface area contributed by atoms with Crippen LogP contribution in [0.15, 0.2) is 122 Å². The molecule has 0 heterocycles. The Labute approximate surface area is 460 Å². The molecule has 0 rings (SSSR count). The molecule has 0 aromatic rings. The van der Waals surface area contributed by atoms with Crippen LogP contribution in [0, 0.1) is 0 Å². The number of nitrogens with two attached hydrogens (primary N) is 1. The normalized spacial score (nSPS) is 13.9. The Morgan fingerprint density at radius 1 is 0.413 bits per heavy atom. The fraction of sp³-hybridized carbons (Fsp3) is 0.662. The van der Waals surface area contributed by atoms with Gasteiger partial charge < -0.3 is 20.1 Å². The summed E-state index contributed by atoms with van der Waals surface area (Å²) in [4.78, 5) is 35.2. The molecule has 0 saturated heterocycles. The minimum absolute atomic E-state index is 0.0461. The van der Waals surface area contributed by atoms with Crippen molar-refractivity contribution in [3.63, 3.8) is 0 Å². The molecule has 2 unspecified atom stereocenters. The first-order valence-electron chi connectivity index (χ1n) is 30.0. The lowest BCUT2D eigenvalue weighted by atomic mass is 10.0. The molecule has 0 saturated carbocycles. The lowest BCUT2D eigenvalue weighted by molar-refractivity contribution is -0.161. The molecular weight excluding hydrogens is 954 g/mol. The van der Waals surface area contributed by atoms with Gasteiger partial charge in [-0.3, -0.25) is 18.6 Å². The lowest BCUT2D eigenvalue weighted by Crippen LogP contribution is -2.29. The number of hydrogen-bond acceptors (Lipinski definition) is 8. The quantitative estimate of drug-likeness (QED) is 0.0264. The van der Waals surface area contributed by atoms with Crippen LogP contribution >= 0.6 is 7.82 Å².